The molecular weight excluding hydrogens is 335 g/mol. The highest BCUT2D eigenvalue weighted by Gasteiger charge is 2.39. The predicted molar refractivity (Wildman–Crippen MR) is 110 cm³/mol. The smallest absolute Gasteiger partial charge is 0.144 e. The molecule has 1 aromatic heterocycles. The van der Waals surface area contributed by atoms with Crippen LogP contribution in [0.2, 0.25) is 0 Å². The summed E-state index contributed by atoms with van der Waals surface area (Å²) < 4.78 is 2.48. The zero-order valence-electron chi connectivity index (χ0n) is 14.0. The molecule has 0 radical (unpaired) electrons. The number of nitrogens with zero attached hydrogens (tertiary/aromatic N) is 2. The second kappa shape index (κ2) is 5.27. The second-order valence-corrected chi connectivity index (χ2v) is 8.54. The van der Waals surface area contributed by atoms with E-state index in [0.29, 0.717) is 0 Å². The van der Waals surface area contributed by atoms with Crippen molar-refractivity contribution < 1.29 is 0 Å². The Morgan fingerprint density at radius 3 is 1.92 bits per heavy atom. The first-order valence-corrected chi connectivity index (χ1v) is 10.1. The van der Waals surface area contributed by atoms with Crippen LogP contribution >= 0.6 is 8.07 Å². The SMILES string of the molecule is c1ccc2c(c1)-c1ccccc1P1c3ccccc3-c3cccnc3N21. The summed E-state index contributed by atoms with van der Waals surface area (Å²) in [5, 5.41) is 2.81. The summed E-state index contributed by atoms with van der Waals surface area (Å²) in [6.45, 7) is 0. The van der Waals surface area contributed by atoms with E-state index in [-0.39, 0.29) is 0 Å². The highest BCUT2D eigenvalue weighted by Crippen LogP contribution is 2.59. The Kier molecular flexibility index (Phi) is 2.88. The third kappa shape index (κ3) is 1.77. The molecule has 1 unspecified atom stereocenters. The average molecular weight is 350 g/mol. The third-order valence-corrected chi connectivity index (χ3v) is 7.66. The van der Waals surface area contributed by atoms with E-state index < -0.39 is 8.07 Å². The molecule has 2 nitrogen and oxygen atoms in total. The molecule has 0 fully saturated rings. The molecule has 3 aromatic carbocycles. The topological polar surface area (TPSA) is 16.1 Å². The first-order chi connectivity index (χ1) is 12.9. The molecule has 0 aliphatic carbocycles. The summed E-state index contributed by atoms with van der Waals surface area (Å²) in [5.41, 5.74) is 6.42. The minimum absolute atomic E-state index is 0.680. The fourth-order valence-electron chi connectivity index (χ4n) is 4.10. The van der Waals surface area contributed by atoms with E-state index in [9.17, 15) is 0 Å². The Hall–Kier alpha value is -2.96. The lowest BCUT2D eigenvalue weighted by atomic mass is 10.0. The highest BCUT2D eigenvalue weighted by atomic mass is 31.1. The first-order valence-electron chi connectivity index (χ1n) is 8.76. The minimum atomic E-state index is -0.680. The quantitative estimate of drug-likeness (QED) is 0.404. The van der Waals surface area contributed by atoms with E-state index in [1.54, 1.807) is 0 Å². The van der Waals surface area contributed by atoms with Crippen LogP contribution in [0.4, 0.5) is 11.5 Å². The Labute approximate surface area is 153 Å². The molecule has 0 N–H and O–H groups in total. The lowest BCUT2D eigenvalue weighted by molar-refractivity contribution is 1.24. The van der Waals surface area contributed by atoms with Gasteiger partial charge in [-0.05, 0) is 29.3 Å². The fourth-order valence-corrected chi connectivity index (χ4v) is 6.83. The molecule has 3 heteroatoms. The van der Waals surface area contributed by atoms with E-state index >= 15 is 0 Å². The van der Waals surface area contributed by atoms with Gasteiger partial charge in [0.25, 0.3) is 0 Å². The maximum atomic E-state index is 4.82. The summed E-state index contributed by atoms with van der Waals surface area (Å²) in [5.74, 6) is 1.07. The number of benzene rings is 3. The number of pyridine rings is 1. The van der Waals surface area contributed by atoms with Crippen LogP contribution in [0.15, 0.2) is 91.1 Å². The van der Waals surface area contributed by atoms with Gasteiger partial charge >= 0.3 is 0 Å². The standard InChI is InChI=1S/C23H15N2P/c1-4-12-20-16(8-1)17-9-2-5-13-21(17)26-22-14-6-3-10-18(22)19-11-7-15-24-23(19)25(20)26/h1-15H. The van der Waals surface area contributed by atoms with Gasteiger partial charge in [-0.25, -0.2) is 4.98 Å². The molecule has 3 heterocycles. The lowest BCUT2D eigenvalue weighted by Gasteiger charge is -2.43. The summed E-state index contributed by atoms with van der Waals surface area (Å²) in [4.78, 5) is 4.82. The zero-order chi connectivity index (χ0) is 17.1. The van der Waals surface area contributed by atoms with Crippen LogP contribution < -0.4 is 15.3 Å². The molecule has 4 aromatic rings. The Morgan fingerprint density at radius 2 is 1.15 bits per heavy atom. The molecule has 1 atom stereocenters. The van der Waals surface area contributed by atoms with Crippen LogP contribution in [0, 0.1) is 0 Å². The van der Waals surface area contributed by atoms with Gasteiger partial charge in [0.15, 0.2) is 0 Å². The Morgan fingerprint density at radius 1 is 0.577 bits per heavy atom. The van der Waals surface area contributed by atoms with Gasteiger partial charge in [-0.3, -0.25) is 4.67 Å². The van der Waals surface area contributed by atoms with Crippen molar-refractivity contribution in [1.29, 1.82) is 0 Å². The van der Waals surface area contributed by atoms with E-state index in [2.05, 4.69) is 83.5 Å². The van der Waals surface area contributed by atoms with Crippen molar-refractivity contribution in [3.8, 4) is 22.3 Å². The van der Waals surface area contributed by atoms with Gasteiger partial charge in [0.2, 0.25) is 0 Å². The van der Waals surface area contributed by atoms with Crippen LogP contribution in [-0.2, 0) is 0 Å². The molecule has 0 saturated carbocycles. The summed E-state index contributed by atoms with van der Waals surface area (Å²) in [6, 6.07) is 30.6. The maximum Gasteiger partial charge on any atom is 0.144 e. The van der Waals surface area contributed by atoms with Gasteiger partial charge in [0, 0.05) is 27.9 Å². The van der Waals surface area contributed by atoms with E-state index in [4.69, 9.17) is 4.98 Å². The van der Waals surface area contributed by atoms with E-state index in [1.807, 2.05) is 12.3 Å². The fraction of sp³-hybridized carbons (Fsp3) is 0. The van der Waals surface area contributed by atoms with Crippen molar-refractivity contribution >= 4 is 30.2 Å². The van der Waals surface area contributed by atoms with Crippen molar-refractivity contribution in [2.75, 3.05) is 4.67 Å². The minimum Gasteiger partial charge on any atom is -0.295 e. The van der Waals surface area contributed by atoms with Gasteiger partial charge in [-0.15, -0.1) is 0 Å². The van der Waals surface area contributed by atoms with Crippen molar-refractivity contribution in [3.63, 3.8) is 0 Å². The number of para-hydroxylation sites is 1. The van der Waals surface area contributed by atoms with Gasteiger partial charge in [0.1, 0.15) is 5.82 Å². The summed E-state index contributed by atoms with van der Waals surface area (Å²) in [7, 11) is -0.680. The lowest BCUT2D eigenvalue weighted by Crippen LogP contribution is -2.34. The number of fused-ring (bicyclic) bond motifs is 11. The number of aromatic nitrogens is 1. The van der Waals surface area contributed by atoms with Gasteiger partial charge in [-0.1, -0.05) is 66.7 Å². The molecule has 0 amide bonds. The largest absolute Gasteiger partial charge is 0.295 e. The third-order valence-electron chi connectivity index (χ3n) is 5.16. The molecule has 2 aliphatic heterocycles. The van der Waals surface area contributed by atoms with Crippen molar-refractivity contribution in [2.45, 2.75) is 0 Å². The molecule has 0 spiro atoms. The first kappa shape index (κ1) is 14.2. The maximum absolute atomic E-state index is 4.82. The summed E-state index contributed by atoms with van der Waals surface area (Å²) in [6.07, 6.45) is 1.91. The number of hydrogen-bond donors (Lipinski definition) is 0. The summed E-state index contributed by atoms with van der Waals surface area (Å²) >= 11 is 0. The normalized spacial score (nSPS) is 16.0. The Balaban J connectivity index is 1.77. The number of rotatable bonds is 0. The van der Waals surface area contributed by atoms with E-state index in [1.165, 1.54) is 38.6 Å². The van der Waals surface area contributed by atoms with Crippen molar-refractivity contribution in [3.05, 3.63) is 91.1 Å². The monoisotopic (exact) mass is 350 g/mol. The highest BCUT2D eigenvalue weighted by molar-refractivity contribution is 7.75. The second-order valence-electron chi connectivity index (χ2n) is 6.55. The molecule has 2 aliphatic rings. The van der Waals surface area contributed by atoms with E-state index in [0.717, 1.165) is 5.82 Å². The van der Waals surface area contributed by atoms with Crippen LogP contribution in [0.5, 0.6) is 0 Å². The van der Waals surface area contributed by atoms with Crippen LogP contribution in [-0.4, -0.2) is 4.98 Å². The van der Waals surface area contributed by atoms with Crippen LogP contribution in [0.25, 0.3) is 22.3 Å². The molecule has 0 bridgehead atoms. The molecular formula is C23H15N2P. The number of anilines is 2. The van der Waals surface area contributed by atoms with Gasteiger partial charge in [0.05, 0.1) is 13.8 Å². The van der Waals surface area contributed by atoms with Crippen LogP contribution in [0.3, 0.4) is 0 Å². The van der Waals surface area contributed by atoms with Crippen LogP contribution in [0.1, 0.15) is 0 Å². The molecule has 26 heavy (non-hydrogen) atoms. The van der Waals surface area contributed by atoms with Gasteiger partial charge in [-0.2, -0.15) is 0 Å². The predicted octanol–water partition coefficient (Wildman–Crippen LogP) is 5.23. The number of hydrogen-bond acceptors (Lipinski definition) is 2. The molecule has 0 saturated heterocycles. The molecule has 122 valence electrons. The average Bonchev–Trinajstić information content (AvgIpc) is 2.73. The van der Waals surface area contributed by atoms with Crippen molar-refractivity contribution in [2.24, 2.45) is 0 Å². The van der Waals surface area contributed by atoms with Gasteiger partial charge < -0.3 is 0 Å². The molecule has 6 rings (SSSR count). The zero-order valence-corrected chi connectivity index (χ0v) is 14.9. The van der Waals surface area contributed by atoms with Crippen molar-refractivity contribution in [1.82, 2.24) is 4.98 Å². The Bertz CT molecular complexity index is 984.